The van der Waals surface area contributed by atoms with Crippen molar-refractivity contribution in [2.45, 2.75) is 24.9 Å². The van der Waals surface area contributed by atoms with Crippen molar-refractivity contribution < 1.29 is 4.79 Å². The Morgan fingerprint density at radius 1 is 1.44 bits per heavy atom. The number of rotatable bonds is 4. The molecular formula is C13H16N2O. The molecule has 84 valence electrons. The quantitative estimate of drug-likeness (QED) is 0.570. The van der Waals surface area contributed by atoms with Crippen molar-refractivity contribution in [1.82, 2.24) is 4.90 Å². The van der Waals surface area contributed by atoms with Gasteiger partial charge >= 0.3 is 0 Å². The molecule has 0 bridgehead atoms. The summed E-state index contributed by atoms with van der Waals surface area (Å²) in [5, 5.41) is 0. The van der Waals surface area contributed by atoms with E-state index >= 15 is 0 Å². The van der Waals surface area contributed by atoms with Crippen LogP contribution in [-0.2, 0) is 16.9 Å². The van der Waals surface area contributed by atoms with Gasteiger partial charge in [0.25, 0.3) is 0 Å². The highest BCUT2D eigenvalue weighted by Gasteiger charge is 2.44. The van der Waals surface area contributed by atoms with Gasteiger partial charge in [0.15, 0.2) is 0 Å². The standard InChI is InChI=1S/C13H16N2O/c1-15(2)9-11-4-3-5-12(8-11)13(6-7-13)14-10-16/h3-5,8H,6-7,9H2,1-2H3. The number of hydrogen-bond donors (Lipinski definition) is 0. The van der Waals surface area contributed by atoms with Crippen molar-refractivity contribution in [3.63, 3.8) is 0 Å². The minimum Gasteiger partial charge on any atom is -0.305 e. The Morgan fingerprint density at radius 3 is 2.75 bits per heavy atom. The molecule has 1 fully saturated rings. The third-order valence-electron chi connectivity index (χ3n) is 2.95. The van der Waals surface area contributed by atoms with E-state index < -0.39 is 0 Å². The summed E-state index contributed by atoms with van der Waals surface area (Å²) < 4.78 is 0. The maximum absolute atomic E-state index is 10.4. The summed E-state index contributed by atoms with van der Waals surface area (Å²) in [4.78, 5) is 16.5. The molecule has 0 amide bonds. The molecule has 2 rings (SSSR count). The second-order valence-electron chi connectivity index (χ2n) is 4.67. The van der Waals surface area contributed by atoms with Crippen molar-refractivity contribution in [1.29, 1.82) is 0 Å². The number of benzene rings is 1. The first-order valence-corrected chi connectivity index (χ1v) is 5.49. The molecule has 0 aromatic heterocycles. The molecule has 1 aromatic rings. The molecule has 1 aromatic carbocycles. The van der Waals surface area contributed by atoms with Crippen molar-refractivity contribution in [3.8, 4) is 0 Å². The zero-order chi connectivity index (χ0) is 11.6. The van der Waals surface area contributed by atoms with Gasteiger partial charge in [-0.2, -0.15) is 4.99 Å². The average Bonchev–Trinajstić information content (AvgIpc) is 2.99. The predicted molar refractivity (Wildman–Crippen MR) is 62.9 cm³/mol. The molecule has 0 N–H and O–H groups in total. The van der Waals surface area contributed by atoms with Crippen LogP contribution < -0.4 is 0 Å². The van der Waals surface area contributed by atoms with E-state index in [9.17, 15) is 4.79 Å². The van der Waals surface area contributed by atoms with Gasteiger partial charge in [0.2, 0.25) is 6.08 Å². The van der Waals surface area contributed by atoms with Gasteiger partial charge in [-0.15, -0.1) is 0 Å². The summed E-state index contributed by atoms with van der Waals surface area (Å²) in [6.07, 6.45) is 3.63. The van der Waals surface area contributed by atoms with E-state index in [1.807, 2.05) is 26.2 Å². The van der Waals surface area contributed by atoms with Crippen molar-refractivity contribution in [3.05, 3.63) is 35.4 Å². The Hall–Kier alpha value is -1.44. The third-order valence-corrected chi connectivity index (χ3v) is 2.95. The summed E-state index contributed by atoms with van der Waals surface area (Å²) in [6, 6.07) is 8.33. The van der Waals surface area contributed by atoms with E-state index in [-0.39, 0.29) is 5.54 Å². The molecular weight excluding hydrogens is 200 g/mol. The SMILES string of the molecule is CN(C)Cc1cccc(C2(N=C=O)CC2)c1. The van der Waals surface area contributed by atoms with Gasteiger partial charge in [-0.05, 0) is 38.1 Å². The summed E-state index contributed by atoms with van der Waals surface area (Å²) >= 11 is 0. The zero-order valence-electron chi connectivity index (χ0n) is 9.73. The molecule has 0 atom stereocenters. The monoisotopic (exact) mass is 216 g/mol. The zero-order valence-corrected chi connectivity index (χ0v) is 9.73. The first kappa shape index (κ1) is 11.1. The number of isocyanates is 1. The molecule has 1 aliphatic carbocycles. The lowest BCUT2D eigenvalue weighted by Gasteiger charge is -2.13. The Balaban J connectivity index is 2.26. The molecule has 0 aliphatic heterocycles. The fourth-order valence-electron chi connectivity index (χ4n) is 2.00. The minimum atomic E-state index is -0.246. The molecule has 3 heteroatoms. The fourth-order valence-corrected chi connectivity index (χ4v) is 2.00. The number of aliphatic imine (C=N–C) groups is 1. The molecule has 0 heterocycles. The van der Waals surface area contributed by atoms with Crippen LogP contribution in [0.2, 0.25) is 0 Å². The van der Waals surface area contributed by atoms with Gasteiger partial charge in [0.05, 0.1) is 5.54 Å². The summed E-state index contributed by atoms with van der Waals surface area (Å²) in [7, 11) is 4.09. The largest absolute Gasteiger partial charge is 0.305 e. The second-order valence-corrected chi connectivity index (χ2v) is 4.67. The molecule has 0 radical (unpaired) electrons. The van der Waals surface area contributed by atoms with Gasteiger partial charge in [-0.1, -0.05) is 24.3 Å². The Labute approximate surface area is 95.8 Å². The maximum Gasteiger partial charge on any atom is 0.235 e. The Morgan fingerprint density at radius 2 is 2.19 bits per heavy atom. The Kier molecular flexibility index (Phi) is 2.90. The number of hydrogen-bond acceptors (Lipinski definition) is 3. The third kappa shape index (κ3) is 2.21. The topological polar surface area (TPSA) is 32.7 Å². The first-order chi connectivity index (χ1) is 7.66. The summed E-state index contributed by atoms with van der Waals surface area (Å²) in [5.74, 6) is 0. The van der Waals surface area contributed by atoms with Crippen LogP contribution in [0.3, 0.4) is 0 Å². The highest BCUT2D eigenvalue weighted by atomic mass is 16.1. The van der Waals surface area contributed by atoms with E-state index in [1.165, 1.54) is 5.56 Å². The number of nitrogens with zero attached hydrogens (tertiary/aromatic N) is 2. The lowest BCUT2D eigenvalue weighted by atomic mass is 10.0. The van der Waals surface area contributed by atoms with Crippen molar-refractivity contribution >= 4 is 6.08 Å². The molecule has 0 unspecified atom stereocenters. The highest BCUT2D eigenvalue weighted by Crippen LogP contribution is 2.49. The molecule has 1 saturated carbocycles. The highest BCUT2D eigenvalue weighted by molar-refractivity contribution is 5.42. The second kappa shape index (κ2) is 4.20. The van der Waals surface area contributed by atoms with Crippen LogP contribution in [0, 0.1) is 0 Å². The lowest BCUT2D eigenvalue weighted by molar-refractivity contribution is 0.402. The first-order valence-electron chi connectivity index (χ1n) is 5.49. The van der Waals surface area contributed by atoms with Gasteiger partial charge < -0.3 is 4.90 Å². The average molecular weight is 216 g/mol. The van der Waals surface area contributed by atoms with Gasteiger partial charge in [0, 0.05) is 6.54 Å². The van der Waals surface area contributed by atoms with Crippen LogP contribution in [0.4, 0.5) is 0 Å². The van der Waals surface area contributed by atoms with E-state index in [0.29, 0.717) is 0 Å². The predicted octanol–water partition coefficient (Wildman–Crippen LogP) is 2.07. The van der Waals surface area contributed by atoms with Crippen LogP contribution in [-0.4, -0.2) is 25.1 Å². The normalized spacial score (nSPS) is 16.9. The summed E-state index contributed by atoms with van der Waals surface area (Å²) in [5.41, 5.74) is 2.16. The van der Waals surface area contributed by atoms with Crippen LogP contribution in [0.5, 0.6) is 0 Å². The molecule has 16 heavy (non-hydrogen) atoms. The van der Waals surface area contributed by atoms with Crippen LogP contribution in [0.15, 0.2) is 29.3 Å². The summed E-state index contributed by atoms with van der Waals surface area (Å²) in [6.45, 7) is 0.911. The molecule has 1 aliphatic rings. The van der Waals surface area contributed by atoms with E-state index in [4.69, 9.17) is 0 Å². The molecule has 0 spiro atoms. The van der Waals surface area contributed by atoms with Crippen molar-refractivity contribution in [2.75, 3.05) is 14.1 Å². The lowest BCUT2D eigenvalue weighted by Crippen LogP contribution is -2.11. The maximum atomic E-state index is 10.4. The Bertz CT molecular complexity index is 429. The van der Waals surface area contributed by atoms with Crippen molar-refractivity contribution in [2.24, 2.45) is 4.99 Å². The van der Waals surface area contributed by atoms with Gasteiger partial charge in [-0.25, -0.2) is 4.79 Å². The van der Waals surface area contributed by atoms with Gasteiger partial charge in [-0.3, -0.25) is 0 Å². The molecule has 3 nitrogen and oxygen atoms in total. The van der Waals surface area contributed by atoms with Crippen LogP contribution in [0.1, 0.15) is 24.0 Å². The fraction of sp³-hybridized carbons (Fsp3) is 0.462. The smallest absolute Gasteiger partial charge is 0.235 e. The number of carbonyl (C=O) groups excluding carboxylic acids is 1. The van der Waals surface area contributed by atoms with Crippen LogP contribution >= 0.6 is 0 Å². The van der Waals surface area contributed by atoms with E-state index in [2.05, 4.69) is 22.0 Å². The van der Waals surface area contributed by atoms with Crippen LogP contribution in [0.25, 0.3) is 0 Å². The van der Waals surface area contributed by atoms with E-state index in [0.717, 1.165) is 24.9 Å². The van der Waals surface area contributed by atoms with E-state index in [1.54, 1.807) is 6.08 Å². The molecule has 0 saturated heterocycles. The minimum absolute atomic E-state index is 0.246. The van der Waals surface area contributed by atoms with Gasteiger partial charge in [0.1, 0.15) is 0 Å².